The topological polar surface area (TPSA) is 17.1 Å². The van der Waals surface area contributed by atoms with Gasteiger partial charge >= 0.3 is 31.1 Å². The molecule has 3 fully saturated rings. The Morgan fingerprint density at radius 1 is 1.07 bits per heavy atom. The van der Waals surface area contributed by atoms with Crippen LogP contribution in [0.5, 0.6) is 0 Å². The molecule has 0 heterocycles. The summed E-state index contributed by atoms with van der Waals surface area (Å²) in [7, 11) is 0. The third-order valence-corrected chi connectivity index (χ3v) is 10.1. The predicted octanol–water partition coefficient (Wildman–Crippen LogP) is 7.96. The van der Waals surface area contributed by atoms with Crippen LogP contribution >= 0.6 is 0 Å². The van der Waals surface area contributed by atoms with Crippen molar-refractivity contribution in [2.75, 3.05) is 0 Å². The molecule has 4 aliphatic rings. The molecule has 0 amide bonds. The second-order valence-corrected chi connectivity index (χ2v) is 11.8. The van der Waals surface area contributed by atoms with Crippen molar-refractivity contribution in [3.05, 3.63) is 18.1 Å². The van der Waals surface area contributed by atoms with Gasteiger partial charge in [0.2, 0.25) is 0 Å². The second kappa shape index (κ2) is 11.1. The van der Waals surface area contributed by atoms with Gasteiger partial charge in [0.1, 0.15) is 0 Å². The van der Waals surface area contributed by atoms with E-state index < -0.39 is 0 Å². The molecule has 0 aromatic heterocycles. The van der Waals surface area contributed by atoms with Crippen molar-refractivity contribution in [2.24, 2.45) is 46.3 Å². The molecule has 0 bridgehead atoms. The number of rotatable bonds is 5. The van der Waals surface area contributed by atoms with Crippen LogP contribution in [0.25, 0.3) is 0 Å². The van der Waals surface area contributed by atoms with Crippen molar-refractivity contribution in [1.29, 1.82) is 0 Å². The maximum atomic E-state index is 7.75. The van der Waals surface area contributed by atoms with Gasteiger partial charge in [0.25, 0.3) is 0 Å². The first-order chi connectivity index (χ1) is 13.9. The minimum atomic E-state index is 0. The SMILES string of the molecule is CC(C)CCC[C@@H](C)[C@H]1CC[C@H]2[C@@H]3CC=C4C[CH-]CC[C@]4(C)[C@H]3CC[C@]12C.[CH-]=O.[U+2]. The van der Waals surface area contributed by atoms with E-state index in [1.807, 2.05) is 5.57 Å². The third-order valence-electron chi connectivity index (χ3n) is 10.1. The molecule has 168 valence electrons. The van der Waals surface area contributed by atoms with Crippen molar-refractivity contribution < 1.29 is 35.9 Å². The average Bonchev–Trinajstić information content (AvgIpc) is 3.06. The van der Waals surface area contributed by atoms with E-state index >= 15 is 0 Å². The summed E-state index contributed by atoms with van der Waals surface area (Å²) in [6.07, 6.45) is 21.2. The van der Waals surface area contributed by atoms with Gasteiger partial charge in [-0.2, -0.15) is 12.8 Å². The van der Waals surface area contributed by atoms with E-state index in [-0.39, 0.29) is 31.1 Å². The molecule has 0 aromatic carbocycles. The first-order valence-corrected chi connectivity index (χ1v) is 12.6. The third kappa shape index (κ3) is 4.86. The molecule has 4 aliphatic carbocycles. The molecular weight excluding hydrogens is 590 g/mol. The molecule has 0 N–H and O–H groups in total. The Morgan fingerprint density at radius 2 is 1.80 bits per heavy atom. The average molecular weight is 637 g/mol. The van der Waals surface area contributed by atoms with Gasteiger partial charge in [-0.05, 0) is 78.4 Å². The maximum absolute atomic E-state index is 7.75. The Hall–Kier alpha value is 0.462. The Labute approximate surface area is 211 Å². The van der Waals surface area contributed by atoms with Crippen molar-refractivity contribution in [2.45, 2.75) is 105 Å². The van der Waals surface area contributed by atoms with Gasteiger partial charge in [-0.25, -0.2) is 0 Å². The summed E-state index contributed by atoms with van der Waals surface area (Å²) in [5.41, 5.74) is 3.00. The number of fused-ring (bicyclic) bond motifs is 5. The van der Waals surface area contributed by atoms with Crippen LogP contribution in [0, 0.1) is 83.9 Å². The van der Waals surface area contributed by atoms with Gasteiger partial charge in [-0.3, -0.25) is 6.79 Å². The summed E-state index contributed by atoms with van der Waals surface area (Å²) < 4.78 is 0. The standard InChI is InChI=1S/C27H45.CHO.U/c1-19(2)9-8-10-20(3)23-14-15-24-22-13-12-21-11-6-7-17-26(21,4)25(22)16-18-27(23,24)5;1-2;/h6,12,19-20,22-25H,7-11,13-18H2,1-5H3;1H;/q2*-1;+2/t20-,22+,23-,24+,25+,26+,27-;;/m1../s1. The molecule has 3 saturated carbocycles. The van der Waals surface area contributed by atoms with Crippen LogP contribution in [0.3, 0.4) is 0 Å². The fraction of sp³-hybridized carbons (Fsp3) is 0.857. The van der Waals surface area contributed by atoms with Crippen LogP contribution in [0.2, 0.25) is 0 Å². The molecule has 7 atom stereocenters. The molecule has 30 heavy (non-hydrogen) atoms. The Balaban J connectivity index is 0.00000104. The molecular formula is C28H46OU. The summed E-state index contributed by atoms with van der Waals surface area (Å²) in [5, 5.41) is 0. The molecule has 0 spiro atoms. The Morgan fingerprint density at radius 3 is 2.50 bits per heavy atom. The Bertz CT molecular complexity index is 583. The van der Waals surface area contributed by atoms with E-state index in [1.54, 1.807) is 0 Å². The van der Waals surface area contributed by atoms with Gasteiger partial charge in [0.05, 0.1) is 0 Å². The number of hydrogen-bond acceptors (Lipinski definition) is 1. The predicted molar refractivity (Wildman–Crippen MR) is 124 cm³/mol. The van der Waals surface area contributed by atoms with Crippen molar-refractivity contribution in [3.8, 4) is 0 Å². The fourth-order valence-electron chi connectivity index (χ4n) is 8.50. The van der Waals surface area contributed by atoms with Gasteiger partial charge in [0.15, 0.2) is 0 Å². The zero-order valence-electron chi connectivity index (χ0n) is 20.4. The van der Waals surface area contributed by atoms with E-state index in [2.05, 4.69) is 53.9 Å². The van der Waals surface area contributed by atoms with Crippen molar-refractivity contribution in [1.82, 2.24) is 0 Å². The Kier molecular flexibility index (Phi) is 9.84. The summed E-state index contributed by atoms with van der Waals surface area (Å²) in [4.78, 5) is 7.75. The van der Waals surface area contributed by atoms with Crippen molar-refractivity contribution >= 4 is 6.79 Å². The van der Waals surface area contributed by atoms with Crippen LogP contribution in [0.4, 0.5) is 0 Å². The zero-order chi connectivity index (χ0) is 21.2. The molecule has 4 rings (SSSR count). The van der Waals surface area contributed by atoms with Crippen LogP contribution in [0.15, 0.2) is 11.6 Å². The maximum Gasteiger partial charge on any atom is 2.00 e. The molecule has 0 unspecified atom stereocenters. The monoisotopic (exact) mass is 636 g/mol. The van der Waals surface area contributed by atoms with Crippen LogP contribution < -0.4 is 0 Å². The largest absolute Gasteiger partial charge is 2.00 e. The second-order valence-electron chi connectivity index (χ2n) is 11.8. The zero-order valence-corrected chi connectivity index (χ0v) is 24.5. The summed E-state index contributed by atoms with van der Waals surface area (Å²) in [6.45, 7) is 16.0. The minimum Gasteiger partial charge on any atom is -0.545 e. The number of hydrogen-bond donors (Lipinski definition) is 0. The summed E-state index contributed by atoms with van der Waals surface area (Å²) >= 11 is 0. The molecule has 0 aliphatic heterocycles. The van der Waals surface area contributed by atoms with E-state index in [1.165, 1.54) is 70.6 Å². The van der Waals surface area contributed by atoms with Crippen LogP contribution in [0.1, 0.15) is 105 Å². The van der Waals surface area contributed by atoms with Gasteiger partial charge < -0.3 is 11.2 Å². The molecule has 0 saturated heterocycles. The smallest absolute Gasteiger partial charge is 0.545 e. The summed E-state index contributed by atoms with van der Waals surface area (Å²) in [5.74, 6) is 5.78. The van der Waals surface area contributed by atoms with Crippen LogP contribution in [-0.2, 0) is 4.79 Å². The van der Waals surface area contributed by atoms with Gasteiger partial charge in [-0.1, -0.05) is 72.0 Å². The number of allylic oxidation sites excluding steroid dienone is 2. The first kappa shape index (κ1) is 26.7. The minimum absolute atomic E-state index is 0. The quantitative estimate of drug-likeness (QED) is 0.170. The fourth-order valence-corrected chi connectivity index (χ4v) is 8.50. The van der Waals surface area contributed by atoms with Crippen LogP contribution in [-0.4, -0.2) is 6.79 Å². The first-order valence-electron chi connectivity index (χ1n) is 12.6. The van der Waals surface area contributed by atoms with E-state index in [4.69, 9.17) is 4.79 Å². The molecule has 0 radical (unpaired) electrons. The van der Waals surface area contributed by atoms with E-state index in [0.29, 0.717) is 10.8 Å². The van der Waals surface area contributed by atoms with Gasteiger partial charge in [0, 0.05) is 0 Å². The molecule has 0 aromatic rings. The normalized spacial score (nSPS) is 40.7. The van der Waals surface area contributed by atoms with E-state index in [9.17, 15) is 0 Å². The number of carbonyl (C=O) groups excluding carboxylic acids is 1. The van der Waals surface area contributed by atoms with Crippen molar-refractivity contribution in [3.63, 3.8) is 0 Å². The summed E-state index contributed by atoms with van der Waals surface area (Å²) in [6, 6.07) is 0. The molecule has 2 heteroatoms. The van der Waals surface area contributed by atoms with Gasteiger partial charge in [-0.15, -0.1) is 0 Å². The molecule has 1 nitrogen and oxygen atoms in total. The van der Waals surface area contributed by atoms with E-state index in [0.717, 1.165) is 35.5 Å².